The van der Waals surface area contributed by atoms with E-state index in [1.165, 1.54) is 12.3 Å². The van der Waals surface area contributed by atoms with Crippen molar-refractivity contribution in [1.29, 1.82) is 0 Å². The fourth-order valence-corrected chi connectivity index (χ4v) is 2.95. The van der Waals surface area contributed by atoms with Crippen LogP contribution >= 0.6 is 0 Å². The Balaban J connectivity index is 1.66. The highest BCUT2D eigenvalue weighted by atomic mass is 19.1. The van der Waals surface area contributed by atoms with Crippen LogP contribution in [-0.4, -0.2) is 35.1 Å². The monoisotopic (exact) mass is 309 g/mol. The van der Waals surface area contributed by atoms with E-state index in [2.05, 4.69) is 15.6 Å². The second-order valence-corrected chi connectivity index (χ2v) is 6.03. The largest absolute Gasteiger partial charge is 0.387 e. The summed E-state index contributed by atoms with van der Waals surface area (Å²) in [5.41, 5.74) is 0.488. The number of nitrogens with one attached hydrogen (secondary N) is 2. The number of halogens is 1. The molecule has 2 rings (SSSR count). The van der Waals surface area contributed by atoms with Crippen LogP contribution in [0.25, 0.3) is 0 Å². The van der Waals surface area contributed by atoms with Gasteiger partial charge in [-0.25, -0.2) is 4.39 Å². The zero-order chi connectivity index (χ0) is 15.9. The fraction of sp³-hybridized carbons (Fsp3) is 0.625. The van der Waals surface area contributed by atoms with Crippen molar-refractivity contribution in [1.82, 2.24) is 15.6 Å². The molecule has 1 saturated carbocycles. The Morgan fingerprint density at radius 2 is 2.14 bits per heavy atom. The Morgan fingerprint density at radius 1 is 1.41 bits per heavy atom. The Hall–Kier alpha value is -1.53. The lowest BCUT2D eigenvalue weighted by atomic mass is 9.86. The first-order valence-electron chi connectivity index (χ1n) is 7.81. The maximum Gasteiger partial charge on any atom is 0.217 e. The summed E-state index contributed by atoms with van der Waals surface area (Å²) in [5, 5.41) is 16.2. The maximum absolute atomic E-state index is 13.0. The van der Waals surface area contributed by atoms with Crippen LogP contribution in [0, 0.1) is 11.7 Å². The van der Waals surface area contributed by atoms with E-state index in [1.54, 1.807) is 6.92 Å². The highest BCUT2D eigenvalue weighted by Gasteiger charge is 2.21. The predicted octanol–water partition coefficient (Wildman–Crippen LogP) is 1.54. The lowest BCUT2D eigenvalue weighted by Crippen LogP contribution is -2.38. The number of aliphatic hydroxyl groups excluding tert-OH is 1. The van der Waals surface area contributed by atoms with Crippen molar-refractivity contribution in [2.45, 2.75) is 44.8 Å². The molecule has 1 atom stereocenters. The molecule has 1 amide bonds. The molecule has 1 aromatic heterocycles. The fourth-order valence-electron chi connectivity index (χ4n) is 2.95. The van der Waals surface area contributed by atoms with Crippen LogP contribution in [0.5, 0.6) is 0 Å². The molecule has 1 fully saturated rings. The van der Waals surface area contributed by atoms with E-state index >= 15 is 0 Å². The second-order valence-electron chi connectivity index (χ2n) is 6.03. The smallest absolute Gasteiger partial charge is 0.217 e. The van der Waals surface area contributed by atoms with Gasteiger partial charge in [-0.2, -0.15) is 0 Å². The first kappa shape index (κ1) is 16.8. The highest BCUT2D eigenvalue weighted by molar-refractivity contribution is 5.73. The van der Waals surface area contributed by atoms with Crippen LogP contribution in [0.3, 0.4) is 0 Å². The number of pyridine rings is 1. The van der Waals surface area contributed by atoms with Crippen LogP contribution in [0.15, 0.2) is 18.5 Å². The van der Waals surface area contributed by atoms with Gasteiger partial charge in [-0.05, 0) is 44.2 Å². The third-order valence-corrected chi connectivity index (χ3v) is 4.14. The number of hydrogen-bond acceptors (Lipinski definition) is 4. The van der Waals surface area contributed by atoms with Crippen molar-refractivity contribution in [3.63, 3.8) is 0 Å². The van der Waals surface area contributed by atoms with E-state index in [0.717, 1.165) is 38.4 Å². The number of carbonyl (C=O) groups is 1. The standard InChI is InChI=1S/C16H24FN3O2/c1-11(21)20-15-4-2-12(3-5-15)7-18-10-16(22)13-6-14(17)9-19-8-13/h6,8-9,12,15-16,18,22H,2-5,7,10H2,1H3,(H,20,21)/t12?,15?,16-/m0/s1. The first-order chi connectivity index (χ1) is 10.5. The molecule has 6 heteroatoms. The van der Waals surface area contributed by atoms with Gasteiger partial charge in [0, 0.05) is 31.3 Å². The summed E-state index contributed by atoms with van der Waals surface area (Å²) in [5.74, 6) is 0.157. The van der Waals surface area contributed by atoms with E-state index in [1.807, 2.05) is 0 Å². The molecule has 1 heterocycles. The van der Waals surface area contributed by atoms with Crippen molar-refractivity contribution in [3.05, 3.63) is 29.8 Å². The number of aromatic nitrogens is 1. The molecular formula is C16H24FN3O2. The maximum atomic E-state index is 13.0. The van der Waals surface area contributed by atoms with Crippen molar-refractivity contribution in [3.8, 4) is 0 Å². The zero-order valence-corrected chi connectivity index (χ0v) is 12.9. The van der Waals surface area contributed by atoms with E-state index in [9.17, 15) is 14.3 Å². The number of hydrogen-bond donors (Lipinski definition) is 3. The SMILES string of the molecule is CC(=O)NC1CCC(CNC[C@H](O)c2cncc(F)c2)CC1. The average molecular weight is 309 g/mol. The van der Waals surface area contributed by atoms with E-state index in [4.69, 9.17) is 0 Å². The summed E-state index contributed by atoms with van der Waals surface area (Å²) in [4.78, 5) is 14.8. The molecule has 1 aliphatic carbocycles. The number of carbonyl (C=O) groups excluding carboxylic acids is 1. The minimum atomic E-state index is -0.751. The van der Waals surface area contributed by atoms with Gasteiger partial charge < -0.3 is 15.7 Å². The quantitative estimate of drug-likeness (QED) is 0.745. The normalized spacial score (nSPS) is 23.0. The third-order valence-electron chi connectivity index (χ3n) is 4.14. The van der Waals surface area contributed by atoms with Crippen molar-refractivity contribution in [2.24, 2.45) is 5.92 Å². The van der Waals surface area contributed by atoms with Gasteiger partial charge in [0.2, 0.25) is 5.91 Å². The number of rotatable bonds is 6. The molecule has 3 N–H and O–H groups in total. The molecule has 0 aliphatic heterocycles. The second kappa shape index (κ2) is 8.19. The highest BCUT2D eigenvalue weighted by Crippen LogP contribution is 2.23. The van der Waals surface area contributed by atoms with Gasteiger partial charge in [0.25, 0.3) is 0 Å². The lowest BCUT2D eigenvalue weighted by molar-refractivity contribution is -0.119. The van der Waals surface area contributed by atoms with Crippen LogP contribution in [-0.2, 0) is 4.79 Å². The summed E-state index contributed by atoms with van der Waals surface area (Å²) in [7, 11) is 0. The van der Waals surface area contributed by atoms with Crippen LogP contribution in [0.1, 0.15) is 44.3 Å². The zero-order valence-electron chi connectivity index (χ0n) is 12.9. The lowest BCUT2D eigenvalue weighted by Gasteiger charge is -2.29. The molecule has 22 heavy (non-hydrogen) atoms. The summed E-state index contributed by atoms with van der Waals surface area (Å²) < 4.78 is 13.0. The molecular weight excluding hydrogens is 285 g/mol. The van der Waals surface area contributed by atoms with Gasteiger partial charge in [0.1, 0.15) is 5.82 Å². The minimum absolute atomic E-state index is 0.0356. The molecule has 0 aromatic carbocycles. The molecule has 1 aromatic rings. The Labute approximate surface area is 130 Å². The summed E-state index contributed by atoms with van der Waals surface area (Å²) in [6, 6.07) is 1.61. The molecule has 0 bridgehead atoms. The molecule has 122 valence electrons. The molecule has 0 unspecified atom stereocenters. The van der Waals surface area contributed by atoms with Crippen LogP contribution in [0.4, 0.5) is 4.39 Å². The van der Waals surface area contributed by atoms with E-state index in [-0.39, 0.29) is 5.91 Å². The van der Waals surface area contributed by atoms with Gasteiger partial charge in [-0.3, -0.25) is 9.78 Å². The van der Waals surface area contributed by atoms with Gasteiger partial charge in [-0.1, -0.05) is 0 Å². The van der Waals surface area contributed by atoms with Gasteiger partial charge >= 0.3 is 0 Å². The van der Waals surface area contributed by atoms with E-state index < -0.39 is 11.9 Å². The number of aliphatic hydroxyl groups is 1. The summed E-state index contributed by atoms with van der Waals surface area (Å²) >= 11 is 0. The van der Waals surface area contributed by atoms with Crippen LogP contribution < -0.4 is 10.6 Å². The predicted molar refractivity (Wildman–Crippen MR) is 81.6 cm³/mol. The Bertz CT molecular complexity index is 490. The average Bonchev–Trinajstić information content (AvgIpc) is 2.48. The van der Waals surface area contributed by atoms with Crippen molar-refractivity contribution in [2.75, 3.05) is 13.1 Å². The minimum Gasteiger partial charge on any atom is -0.387 e. The molecule has 5 nitrogen and oxygen atoms in total. The molecule has 0 saturated heterocycles. The summed E-state index contributed by atoms with van der Waals surface area (Å²) in [6.45, 7) is 2.76. The Kier molecular flexibility index (Phi) is 6.27. The summed E-state index contributed by atoms with van der Waals surface area (Å²) in [6.07, 6.45) is 5.99. The molecule has 0 radical (unpaired) electrons. The Morgan fingerprint density at radius 3 is 2.77 bits per heavy atom. The van der Waals surface area contributed by atoms with Crippen molar-refractivity contribution < 1.29 is 14.3 Å². The van der Waals surface area contributed by atoms with Crippen molar-refractivity contribution >= 4 is 5.91 Å². The first-order valence-corrected chi connectivity index (χ1v) is 7.81. The molecule has 0 spiro atoms. The third kappa shape index (κ3) is 5.35. The van der Waals surface area contributed by atoms with Gasteiger partial charge in [-0.15, -0.1) is 0 Å². The molecule has 1 aliphatic rings. The van der Waals surface area contributed by atoms with Crippen LogP contribution in [0.2, 0.25) is 0 Å². The topological polar surface area (TPSA) is 74.2 Å². The van der Waals surface area contributed by atoms with Gasteiger partial charge in [0.15, 0.2) is 0 Å². The van der Waals surface area contributed by atoms with Gasteiger partial charge in [0.05, 0.1) is 12.3 Å². The number of nitrogens with zero attached hydrogens (tertiary/aromatic N) is 1. The van der Waals surface area contributed by atoms with E-state index in [0.29, 0.717) is 24.1 Å². The number of amides is 1.